The summed E-state index contributed by atoms with van der Waals surface area (Å²) in [6, 6.07) is 4.54. The second kappa shape index (κ2) is 5.90. The van der Waals surface area contributed by atoms with E-state index in [4.69, 9.17) is 4.74 Å². The minimum Gasteiger partial charge on any atom is -0.494 e. The molecule has 0 spiro atoms. The summed E-state index contributed by atoms with van der Waals surface area (Å²) in [7, 11) is -3.50. The molecule has 0 unspecified atom stereocenters. The zero-order valence-corrected chi connectivity index (χ0v) is 11.7. The van der Waals surface area contributed by atoms with Crippen LogP contribution in [0.4, 0.5) is 0 Å². The zero-order chi connectivity index (χ0) is 13.9. The minimum atomic E-state index is -3.50. The molecule has 0 aromatic heterocycles. The van der Waals surface area contributed by atoms with Gasteiger partial charge in [0, 0.05) is 12.1 Å². The molecule has 1 saturated carbocycles. The summed E-state index contributed by atoms with van der Waals surface area (Å²) < 4.78 is 32.1. The van der Waals surface area contributed by atoms with Crippen LogP contribution in [0.15, 0.2) is 23.1 Å². The summed E-state index contributed by atoms with van der Waals surface area (Å²) in [6.45, 7) is 2.55. The number of aliphatic hydroxyl groups is 1. The Hall–Kier alpha value is -1.11. The van der Waals surface area contributed by atoms with Crippen molar-refractivity contribution in [3.8, 4) is 5.75 Å². The molecular weight excluding hydrogens is 266 g/mol. The molecule has 6 heteroatoms. The van der Waals surface area contributed by atoms with Crippen LogP contribution in [-0.2, 0) is 16.6 Å². The Morgan fingerprint density at radius 2 is 2.16 bits per heavy atom. The first kappa shape index (κ1) is 14.3. The standard InChI is InChI=1S/C13H19NO4S/c1-2-18-13-6-5-12(7-11(13)9-15)19(16,17)14-8-10-3-4-10/h5-7,10,14-15H,2-4,8-9H2,1H3. The van der Waals surface area contributed by atoms with Crippen molar-refractivity contribution in [3.05, 3.63) is 23.8 Å². The predicted octanol–water partition coefficient (Wildman–Crippen LogP) is 1.27. The number of nitrogens with one attached hydrogen (secondary N) is 1. The second-order valence-electron chi connectivity index (χ2n) is 4.66. The van der Waals surface area contributed by atoms with E-state index >= 15 is 0 Å². The summed E-state index contributed by atoms with van der Waals surface area (Å²) in [5.41, 5.74) is 0.483. The summed E-state index contributed by atoms with van der Waals surface area (Å²) >= 11 is 0. The van der Waals surface area contributed by atoms with E-state index < -0.39 is 10.0 Å². The molecule has 0 radical (unpaired) electrons. The van der Waals surface area contributed by atoms with Gasteiger partial charge in [0.25, 0.3) is 0 Å². The Labute approximate surface area is 113 Å². The molecule has 0 aliphatic heterocycles. The normalized spacial score (nSPS) is 15.5. The molecule has 2 N–H and O–H groups in total. The third-order valence-electron chi connectivity index (χ3n) is 3.07. The lowest BCUT2D eigenvalue weighted by Crippen LogP contribution is -2.26. The van der Waals surface area contributed by atoms with Gasteiger partial charge >= 0.3 is 0 Å². The number of aliphatic hydroxyl groups excluding tert-OH is 1. The monoisotopic (exact) mass is 285 g/mol. The van der Waals surface area contributed by atoms with Gasteiger partial charge in [0.2, 0.25) is 10.0 Å². The van der Waals surface area contributed by atoms with E-state index in [1.807, 2.05) is 6.92 Å². The molecular formula is C13H19NO4S. The fraction of sp³-hybridized carbons (Fsp3) is 0.538. The smallest absolute Gasteiger partial charge is 0.240 e. The Bertz CT molecular complexity index is 538. The number of rotatable bonds is 7. The predicted molar refractivity (Wildman–Crippen MR) is 71.4 cm³/mol. The maximum Gasteiger partial charge on any atom is 0.240 e. The summed E-state index contributed by atoms with van der Waals surface area (Å²) in [5, 5.41) is 9.27. The molecule has 19 heavy (non-hydrogen) atoms. The van der Waals surface area contributed by atoms with Gasteiger partial charge in [-0.05, 0) is 43.9 Å². The van der Waals surface area contributed by atoms with E-state index in [-0.39, 0.29) is 11.5 Å². The first-order chi connectivity index (χ1) is 9.06. The number of benzene rings is 1. The van der Waals surface area contributed by atoms with E-state index in [1.165, 1.54) is 12.1 Å². The van der Waals surface area contributed by atoms with Gasteiger partial charge in [0.1, 0.15) is 5.75 Å². The molecule has 106 valence electrons. The molecule has 1 fully saturated rings. The molecule has 1 aromatic carbocycles. The van der Waals surface area contributed by atoms with Crippen molar-refractivity contribution in [2.24, 2.45) is 5.92 Å². The van der Waals surface area contributed by atoms with Gasteiger partial charge in [0.05, 0.1) is 18.1 Å². The van der Waals surface area contributed by atoms with Crippen LogP contribution in [0.3, 0.4) is 0 Å². The van der Waals surface area contributed by atoms with Crippen LogP contribution in [0.2, 0.25) is 0 Å². The lowest BCUT2D eigenvalue weighted by atomic mass is 10.2. The third kappa shape index (κ3) is 3.68. The van der Waals surface area contributed by atoms with E-state index in [0.717, 1.165) is 12.8 Å². The molecule has 1 aromatic rings. The average Bonchev–Trinajstić information content (AvgIpc) is 3.21. The van der Waals surface area contributed by atoms with E-state index in [9.17, 15) is 13.5 Å². The molecule has 5 nitrogen and oxygen atoms in total. The Morgan fingerprint density at radius 1 is 1.42 bits per heavy atom. The molecule has 0 atom stereocenters. The number of sulfonamides is 1. The van der Waals surface area contributed by atoms with E-state index in [0.29, 0.717) is 30.4 Å². The second-order valence-corrected chi connectivity index (χ2v) is 6.42. The molecule has 2 rings (SSSR count). The van der Waals surface area contributed by atoms with Gasteiger partial charge in [-0.1, -0.05) is 0 Å². The summed E-state index contributed by atoms with van der Waals surface area (Å²) in [6.07, 6.45) is 2.18. The third-order valence-corrected chi connectivity index (χ3v) is 4.49. The highest BCUT2D eigenvalue weighted by molar-refractivity contribution is 7.89. The molecule has 0 bridgehead atoms. The van der Waals surface area contributed by atoms with Gasteiger partial charge in [0.15, 0.2) is 0 Å². The average molecular weight is 285 g/mol. The van der Waals surface area contributed by atoms with Crippen molar-refractivity contribution in [1.82, 2.24) is 4.72 Å². The number of hydrogen-bond donors (Lipinski definition) is 2. The van der Waals surface area contributed by atoms with Crippen molar-refractivity contribution in [3.63, 3.8) is 0 Å². The lowest BCUT2D eigenvalue weighted by molar-refractivity contribution is 0.266. The molecule has 0 amide bonds. The highest BCUT2D eigenvalue weighted by Crippen LogP contribution is 2.28. The Balaban J connectivity index is 2.18. The van der Waals surface area contributed by atoms with Crippen LogP contribution >= 0.6 is 0 Å². The topological polar surface area (TPSA) is 75.6 Å². The Morgan fingerprint density at radius 3 is 2.74 bits per heavy atom. The van der Waals surface area contributed by atoms with Crippen LogP contribution in [0.5, 0.6) is 5.75 Å². The minimum absolute atomic E-state index is 0.167. The number of ether oxygens (including phenoxy) is 1. The van der Waals surface area contributed by atoms with Crippen LogP contribution in [0.25, 0.3) is 0 Å². The first-order valence-corrected chi connectivity index (χ1v) is 7.91. The van der Waals surface area contributed by atoms with Crippen LogP contribution < -0.4 is 9.46 Å². The quantitative estimate of drug-likeness (QED) is 0.791. The largest absolute Gasteiger partial charge is 0.494 e. The molecule has 1 aliphatic carbocycles. The fourth-order valence-electron chi connectivity index (χ4n) is 1.78. The van der Waals surface area contributed by atoms with Crippen LogP contribution in [0.1, 0.15) is 25.3 Å². The van der Waals surface area contributed by atoms with E-state index in [2.05, 4.69) is 4.72 Å². The van der Waals surface area contributed by atoms with Crippen molar-refractivity contribution >= 4 is 10.0 Å². The molecule has 0 heterocycles. The van der Waals surface area contributed by atoms with Crippen molar-refractivity contribution in [2.75, 3.05) is 13.2 Å². The van der Waals surface area contributed by atoms with Gasteiger partial charge in [-0.25, -0.2) is 13.1 Å². The maximum atomic E-state index is 12.1. The molecule has 0 saturated heterocycles. The summed E-state index contributed by atoms with van der Waals surface area (Å²) in [5.74, 6) is 1.00. The molecule has 1 aliphatic rings. The van der Waals surface area contributed by atoms with Crippen molar-refractivity contribution in [1.29, 1.82) is 0 Å². The lowest BCUT2D eigenvalue weighted by Gasteiger charge is -2.11. The van der Waals surface area contributed by atoms with Crippen molar-refractivity contribution in [2.45, 2.75) is 31.3 Å². The van der Waals surface area contributed by atoms with Crippen LogP contribution in [0, 0.1) is 5.92 Å². The van der Waals surface area contributed by atoms with Gasteiger partial charge < -0.3 is 9.84 Å². The zero-order valence-electron chi connectivity index (χ0n) is 10.9. The number of hydrogen-bond acceptors (Lipinski definition) is 4. The summed E-state index contributed by atoms with van der Waals surface area (Å²) in [4.78, 5) is 0.167. The SMILES string of the molecule is CCOc1ccc(S(=O)(=O)NCC2CC2)cc1CO. The van der Waals surface area contributed by atoms with Gasteiger partial charge in [-0.2, -0.15) is 0 Å². The Kier molecular flexibility index (Phi) is 4.44. The first-order valence-electron chi connectivity index (χ1n) is 6.43. The van der Waals surface area contributed by atoms with Gasteiger partial charge in [-0.15, -0.1) is 0 Å². The van der Waals surface area contributed by atoms with Crippen LogP contribution in [-0.4, -0.2) is 26.7 Å². The van der Waals surface area contributed by atoms with Crippen molar-refractivity contribution < 1.29 is 18.3 Å². The van der Waals surface area contributed by atoms with Gasteiger partial charge in [-0.3, -0.25) is 0 Å². The highest BCUT2D eigenvalue weighted by atomic mass is 32.2. The highest BCUT2D eigenvalue weighted by Gasteiger charge is 2.24. The fourth-order valence-corrected chi connectivity index (χ4v) is 2.94. The van der Waals surface area contributed by atoms with E-state index in [1.54, 1.807) is 6.07 Å². The maximum absolute atomic E-state index is 12.1.